The lowest BCUT2D eigenvalue weighted by Gasteiger charge is -2.12. The summed E-state index contributed by atoms with van der Waals surface area (Å²) in [5, 5.41) is 12.8. The molecule has 170 valence electrons. The van der Waals surface area contributed by atoms with E-state index < -0.39 is 16.2 Å². The van der Waals surface area contributed by atoms with E-state index in [1.54, 1.807) is 36.5 Å². The Bertz CT molecular complexity index is 1180. The summed E-state index contributed by atoms with van der Waals surface area (Å²) in [5.41, 5.74) is 2.56. The van der Waals surface area contributed by atoms with Gasteiger partial charge in [-0.15, -0.1) is 0 Å². The van der Waals surface area contributed by atoms with Gasteiger partial charge in [0.05, 0.1) is 35.9 Å². The molecule has 0 saturated heterocycles. The molecule has 1 unspecified atom stereocenters. The fourth-order valence-electron chi connectivity index (χ4n) is 2.96. The first kappa shape index (κ1) is 23.6. The highest BCUT2D eigenvalue weighted by Gasteiger charge is 2.17. The highest BCUT2D eigenvalue weighted by molar-refractivity contribution is 7.86. The number of fused-ring (bicyclic) bond motifs is 1. The maximum absolute atomic E-state index is 12.3. The number of aliphatic hydroxyl groups is 1. The van der Waals surface area contributed by atoms with Gasteiger partial charge in [0.1, 0.15) is 5.52 Å². The van der Waals surface area contributed by atoms with Crippen molar-refractivity contribution in [3.63, 3.8) is 0 Å². The minimum atomic E-state index is -3.94. The third kappa shape index (κ3) is 6.22. The number of amides is 1. The number of methoxy groups -OCH3 is 1. The van der Waals surface area contributed by atoms with E-state index in [9.17, 15) is 18.3 Å². The zero-order valence-corrected chi connectivity index (χ0v) is 18.6. The number of aliphatic hydroxyl groups excluding tert-OH is 1. The van der Waals surface area contributed by atoms with Crippen molar-refractivity contribution < 1.29 is 27.2 Å². The van der Waals surface area contributed by atoms with Gasteiger partial charge in [0.15, 0.2) is 0 Å². The largest absolute Gasteiger partial charge is 0.481 e. The van der Waals surface area contributed by atoms with Gasteiger partial charge >= 0.3 is 0 Å². The summed E-state index contributed by atoms with van der Waals surface area (Å²) in [6.45, 7) is 1.47. The quantitative estimate of drug-likeness (QED) is 0.443. The monoisotopic (exact) mass is 459 g/mol. The van der Waals surface area contributed by atoms with Crippen LogP contribution in [0.2, 0.25) is 0 Å². The topological polar surface area (TPSA) is 128 Å². The Hall–Kier alpha value is -3.08. The number of carbonyl (C=O) groups excluding carboxylic acids is 1. The van der Waals surface area contributed by atoms with Gasteiger partial charge in [-0.1, -0.05) is 17.7 Å². The van der Waals surface area contributed by atoms with Crippen LogP contribution < -0.4 is 10.1 Å². The van der Waals surface area contributed by atoms with Crippen LogP contribution >= 0.6 is 0 Å². The predicted molar refractivity (Wildman–Crippen MR) is 119 cm³/mol. The fraction of sp³-hybridized carbons (Fsp3) is 0.318. The zero-order valence-electron chi connectivity index (χ0n) is 17.8. The van der Waals surface area contributed by atoms with Crippen molar-refractivity contribution in [3.8, 4) is 5.88 Å². The molecule has 10 heteroatoms. The van der Waals surface area contributed by atoms with Crippen LogP contribution in [0.25, 0.3) is 11.0 Å². The van der Waals surface area contributed by atoms with Gasteiger partial charge in [-0.05, 0) is 44.0 Å². The van der Waals surface area contributed by atoms with E-state index in [0.29, 0.717) is 29.0 Å². The molecule has 0 bridgehead atoms. The number of pyridine rings is 2. The summed E-state index contributed by atoms with van der Waals surface area (Å²) in [4.78, 5) is 20.9. The number of aromatic nitrogens is 2. The van der Waals surface area contributed by atoms with Crippen molar-refractivity contribution in [1.29, 1.82) is 0 Å². The molecule has 1 atom stereocenters. The second kappa shape index (κ2) is 10.5. The summed E-state index contributed by atoms with van der Waals surface area (Å²) in [5.74, 6) is 0.146. The van der Waals surface area contributed by atoms with Crippen LogP contribution in [0.15, 0.2) is 53.6 Å². The number of nitrogens with zero attached hydrogens (tertiary/aromatic N) is 2. The van der Waals surface area contributed by atoms with E-state index in [2.05, 4.69) is 15.3 Å². The van der Waals surface area contributed by atoms with Gasteiger partial charge in [-0.25, -0.2) is 4.98 Å². The minimum absolute atomic E-state index is 0.0319. The molecule has 3 rings (SSSR count). The molecule has 0 aliphatic heterocycles. The standard InChI is InChI=1S/C22H25N3O6S/c1-15-6-8-17(9-7-15)32(28,29)31-14-16(26)4-3-5-20(27)24-19-12-13-23-18-10-11-21(30-2)25-22(18)19/h6-13,16,26H,3-5,14H2,1-2H3,(H,23,24,27). The van der Waals surface area contributed by atoms with Crippen molar-refractivity contribution in [1.82, 2.24) is 9.97 Å². The summed E-state index contributed by atoms with van der Waals surface area (Å²) >= 11 is 0. The second-order valence-electron chi connectivity index (χ2n) is 7.23. The summed E-state index contributed by atoms with van der Waals surface area (Å²) in [6, 6.07) is 11.3. The maximum Gasteiger partial charge on any atom is 0.297 e. The minimum Gasteiger partial charge on any atom is -0.481 e. The van der Waals surface area contributed by atoms with E-state index in [4.69, 9.17) is 8.92 Å². The van der Waals surface area contributed by atoms with E-state index in [0.717, 1.165) is 5.56 Å². The molecule has 0 fully saturated rings. The highest BCUT2D eigenvalue weighted by Crippen LogP contribution is 2.22. The molecule has 2 aromatic heterocycles. The van der Waals surface area contributed by atoms with Crippen LogP contribution in [0.3, 0.4) is 0 Å². The SMILES string of the molecule is COc1ccc2nccc(NC(=O)CCCC(O)COS(=O)(=O)c3ccc(C)cc3)c2n1. The zero-order chi connectivity index (χ0) is 23.1. The molecule has 0 radical (unpaired) electrons. The van der Waals surface area contributed by atoms with Crippen LogP contribution in [-0.2, 0) is 19.1 Å². The Morgan fingerprint density at radius 2 is 1.91 bits per heavy atom. The van der Waals surface area contributed by atoms with Crippen LogP contribution in [-0.4, -0.2) is 49.2 Å². The van der Waals surface area contributed by atoms with Crippen molar-refractivity contribution in [3.05, 3.63) is 54.2 Å². The molecule has 0 aliphatic rings. The van der Waals surface area contributed by atoms with E-state index in [1.807, 2.05) is 6.92 Å². The second-order valence-corrected chi connectivity index (χ2v) is 8.84. The van der Waals surface area contributed by atoms with Crippen LogP contribution in [0.4, 0.5) is 5.69 Å². The number of hydrogen-bond donors (Lipinski definition) is 2. The maximum atomic E-state index is 12.3. The van der Waals surface area contributed by atoms with E-state index >= 15 is 0 Å². The number of rotatable bonds is 10. The van der Waals surface area contributed by atoms with Gasteiger partial charge in [0.25, 0.3) is 10.1 Å². The first-order valence-corrected chi connectivity index (χ1v) is 11.4. The molecule has 3 aromatic rings. The first-order chi connectivity index (χ1) is 15.3. The van der Waals surface area contributed by atoms with Crippen molar-refractivity contribution >= 4 is 32.7 Å². The molecule has 32 heavy (non-hydrogen) atoms. The average molecular weight is 460 g/mol. The summed E-state index contributed by atoms with van der Waals surface area (Å²) in [6.07, 6.45) is 1.24. The first-order valence-electron chi connectivity index (χ1n) is 10.0. The lowest BCUT2D eigenvalue weighted by molar-refractivity contribution is -0.116. The fourth-order valence-corrected chi connectivity index (χ4v) is 3.90. The molecular weight excluding hydrogens is 434 g/mol. The van der Waals surface area contributed by atoms with Crippen LogP contribution in [0, 0.1) is 6.92 Å². The molecule has 0 saturated carbocycles. The lowest BCUT2D eigenvalue weighted by atomic mass is 10.1. The number of carbonyl (C=O) groups is 1. The van der Waals surface area contributed by atoms with E-state index in [-0.39, 0.29) is 30.3 Å². The number of anilines is 1. The van der Waals surface area contributed by atoms with Gasteiger partial charge in [0, 0.05) is 18.7 Å². The van der Waals surface area contributed by atoms with Crippen molar-refractivity contribution in [2.45, 2.75) is 37.2 Å². The van der Waals surface area contributed by atoms with Crippen molar-refractivity contribution in [2.75, 3.05) is 19.0 Å². The Kier molecular flexibility index (Phi) is 7.73. The molecule has 0 aliphatic carbocycles. The van der Waals surface area contributed by atoms with Gasteiger partial charge in [-0.2, -0.15) is 8.42 Å². The molecular formula is C22H25N3O6S. The van der Waals surface area contributed by atoms with Crippen molar-refractivity contribution in [2.24, 2.45) is 0 Å². The molecule has 2 heterocycles. The highest BCUT2D eigenvalue weighted by atomic mass is 32.2. The number of benzene rings is 1. The van der Waals surface area contributed by atoms with Gasteiger partial charge in [0.2, 0.25) is 11.8 Å². The van der Waals surface area contributed by atoms with Gasteiger partial charge < -0.3 is 15.2 Å². The molecule has 1 aromatic carbocycles. The Labute approximate surface area is 186 Å². The molecule has 0 spiro atoms. The third-order valence-electron chi connectivity index (χ3n) is 4.71. The van der Waals surface area contributed by atoms with Crippen LogP contribution in [0.5, 0.6) is 5.88 Å². The average Bonchev–Trinajstić information content (AvgIpc) is 2.78. The number of aryl methyl sites for hydroxylation is 1. The van der Waals surface area contributed by atoms with Gasteiger partial charge in [-0.3, -0.25) is 14.0 Å². The number of nitrogens with one attached hydrogen (secondary N) is 1. The molecule has 2 N–H and O–H groups in total. The number of ether oxygens (including phenoxy) is 1. The normalized spacial score (nSPS) is 12.5. The summed E-state index contributed by atoms with van der Waals surface area (Å²) in [7, 11) is -2.44. The molecule has 1 amide bonds. The van der Waals surface area contributed by atoms with Crippen LogP contribution in [0.1, 0.15) is 24.8 Å². The smallest absolute Gasteiger partial charge is 0.297 e. The number of hydrogen-bond acceptors (Lipinski definition) is 8. The summed E-state index contributed by atoms with van der Waals surface area (Å²) < 4.78 is 34.4. The Morgan fingerprint density at radius 3 is 2.62 bits per heavy atom. The van der Waals surface area contributed by atoms with E-state index in [1.165, 1.54) is 19.2 Å². The Balaban J connectivity index is 1.47. The third-order valence-corrected chi connectivity index (χ3v) is 6.00. The lowest BCUT2D eigenvalue weighted by Crippen LogP contribution is -2.20. The predicted octanol–water partition coefficient (Wildman–Crippen LogP) is 2.82. The molecule has 9 nitrogen and oxygen atoms in total. The Morgan fingerprint density at radius 1 is 1.16 bits per heavy atom.